The zero-order chi connectivity index (χ0) is 24.9. The molecule has 7 nitrogen and oxygen atoms in total. The van der Waals surface area contributed by atoms with E-state index in [0.29, 0.717) is 31.1 Å². The molecule has 0 radical (unpaired) electrons. The lowest BCUT2D eigenvalue weighted by atomic mass is 10.0. The minimum absolute atomic E-state index is 0.0760. The molecule has 5 rings (SSSR count). The summed E-state index contributed by atoms with van der Waals surface area (Å²) in [6.07, 6.45) is 3.93. The number of ether oxygens (including phenoxy) is 2. The Balaban J connectivity index is 1.29. The lowest BCUT2D eigenvalue weighted by Crippen LogP contribution is -2.43. The van der Waals surface area contributed by atoms with Crippen LogP contribution in [0.5, 0.6) is 5.75 Å². The van der Waals surface area contributed by atoms with Gasteiger partial charge in [0.05, 0.1) is 30.5 Å². The van der Waals surface area contributed by atoms with Crippen molar-refractivity contribution in [2.45, 2.75) is 26.5 Å². The van der Waals surface area contributed by atoms with Crippen molar-refractivity contribution in [1.29, 1.82) is 0 Å². The number of nitrogens with zero attached hydrogens (tertiary/aromatic N) is 3. The van der Waals surface area contributed by atoms with Gasteiger partial charge in [0.15, 0.2) is 0 Å². The summed E-state index contributed by atoms with van der Waals surface area (Å²) in [5.74, 6) is 0.393. The highest BCUT2D eigenvalue weighted by molar-refractivity contribution is 5.96. The van der Waals surface area contributed by atoms with Crippen LogP contribution in [0.2, 0.25) is 0 Å². The van der Waals surface area contributed by atoms with Crippen LogP contribution in [-0.4, -0.2) is 53.0 Å². The van der Waals surface area contributed by atoms with Crippen molar-refractivity contribution in [3.8, 4) is 5.75 Å². The fourth-order valence-electron chi connectivity index (χ4n) is 4.71. The van der Waals surface area contributed by atoms with Gasteiger partial charge in [0.1, 0.15) is 18.0 Å². The first-order valence-corrected chi connectivity index (χ1v) is 12.4. The summed E-state index contributed by atoms with van der Waals surface area (Å²) in [6, 6.07) is 20.0. The number of hydrogen-bond acceptors (Lipinski definition) is 5. The molecule has 0 aliphatic carbocycles. The zero-order valence-corrected chi connectivity index (χ0v) is 20.8. The van der Waals surface area contributed by atoms with Gasteiger partial charge in [0.25, 0.3) is 5.91 Å². The highest BCUT2D eigenvalue weighted by Gasteiger charge is 2.24. The number of nitrogens with one attached hydrogen (secondary N) is 1. The van der Waals surface area contributed by atoms with Gasteiger partial charge >= 0.3 is 0 Å². The SMILES string of the molecule is Cc1cccc(C(CNC(=O)c2ccccc2OCc2cn3cccc(C)c3n2)N2CCOCC2)c1. The first-order chi connectivity index (χ1) is 17.6. The molecule has 0 spiro atoms. The van der Waals surface area contributed by atoms with E-state index in [0.717, 1.165) is 30.0 Å². The molecule has 7 heteroatoms. The maximum atomic E-state index is 13.3. The van der Waals surface area contributed by atoms with Crippen LogP contribution >= 0.6 is 0 Å². The molecule has 1 saturated heterocycles. The van der Waals surface area contributed by atoms with Gasteiger partial charge in [-0.15, -0.1) is 0 Å². The van der Waals surface area contributed by atoms with E-state index in [4.69, 9.17) is 9.47 Å². The second kappa shape index (κ2) is 10.9. The molecular weight excluding hydrogens is 452 g/mol. The van der Waals surface area contributed by atoms with Crippen LogP contribution in [-0.2, 0) is 11.3 Å². The van der Waals surface area contributed by atoms with Crippen molar-refractivity contribution in [1.82, 2.24) is 19.6 Å². The Morgan fingerprint density at radius 3 is 2.72 bits per heavy atom. The topological polar surface area (TPSA) is 68.1 Å². The molecule has 1 aliphatic rings. The van der Waals surface area contributed by atoms with Gasteiger partial charge in [-0.2, -0.15) is 0 Å². The molecule has 2 aromatic heterocycles. The average molecular weight is 485 g/mol. The van der Waals surface area contributed by atoms with Gasteiger partial charge in [-0.1, -0.05) is 48.0 Å². The van der Waals surface area contributed by atoms with Gasteiger partial charge in [-0.05, 0) is 43.2 Å². The van der Waals surface area contributed by atoms with E-state index < -0.39 is 0 Å². The second-order valence-corrected chi connectivity index (χ2v) is 9.23. The number of rotatable bonds is 8. The van der Waals surface area contributed by atoms with E-state index in [-0.39, 0.29) is 18.6 Å². The van der Waals surface area contributed by atoms with Crippen molar-refractivity contribution < 1.29 is 14.3 Å². The van der Waals surface area contributed by atoms with Gasteiger partial charge in [-0.3, -0.25) is 9.69 Å². The third kappa shape index (κ3) is 5.42. The number of amides is 1. The minimum Gasteiger partial charge on any atom is -0.486 e. The van der Waals surface area contributed by atoms with Crippen molar-refractivity contribution in [3.05, 3.63) is 101 Å². The smallest absolute Gasteiger partial charge is 0.255 e. The maximum Gasteiger partial charge on any atom is 0.255 e. The van der Waals surface area contributed by atoms with Crippen molar-refractivity contribution in [2.24, 2.45) is 0 Å². The standard InChI is InChI=1S/C29H32N4O3/c1-21-7-5-9-23(17-21)26(32-13-15-35-16-14-32)18-30-29(34)25-10-3-4-11-27(25)36-20-24-19-33-12-6-8-22(2)28(33)31-24/h3-12,17,19,26H,13-16,18,20H2,1-2H3,(H,30,34). The number of imidazole rings is 1. The molecule has 186 valence electrons. The molecule has 1 amide bonds. The molecule has 1 unspecified atom stereocenters. The monoisotopic (exact) mass is 484 g/mol. The first kappa shape index (κ1) is 24.0. The minimum atomic E-state index is -0.151. The largest absolute Gasteiger partial charge is 0.486 e. The quantitative estimate of drug-likeness (QED) is 0.403. The lowest BCUT2D eigenvalue weighted by Gasteiger charge is -2.35. The number of fused-ring (bicyclic) bond motifs is 1. The van der Waals surface area contributed by atoms with E-state index >= 15 is 0 Å². The van der Waals surface area contributed by atoms with Crippen LogP contribution < -0.4 is 10.1 Å². The first-order valence-electron chi connectivity index (χ1n) is 12.4. The number of hydrogen-bond donors (Lipinski definition) is 1. The normalized spacial score (nSPS) is 15.1. The van der Waals surface area contributed by atoms with E-state index in [1.807, 2.05) is 54.0 Å². The molecule has 2 aromatic carbocycles. The van der Waals surface area contributed by atoms with E-state index in [1.54, 1.807) is 6.07 Å². The van der Waals surface area contributed by atoms with Gasteiger partial charge < -0.3 is 19.2 Å². The van der Waals surface area contributed by atoms with E-state index in [2.05, 4.69) is 46.4 Å². The predicted molar refractivity (Wildman–Crippen MR) is 139 cm³/mol. The Kier molecular flexibility index (Phi) is 7.30. The second-order valence-electron chi connectivity index (χ2n) is 9.23. The Morgan fingerprint density at radius 1 is 1.08 bits per heavy atom. The number of carbonyl (C=O) groups is 1. The molecule has 36 heavy (non-hydrogen) atoms. The molecule has 1 fully saturated rings. The summed E-state index contributed by atoms with van der Waals surface area (Å²) in [6.45, 7) is 8.00. The maximum absolute atomic E-state index is 13.3. The van der Waals surface area contributed by atoms with Crippen molar-refractivity contribution in [2.75, 3.05) is 32.8 Å². The van der Waals surface area contributed by atoms with Gasteiger partial charge in [0.2, 0.25) is 0 Å². The van der Waals surface area contributed by atoms with Gasteiger partial charge in [0, 0.05) is 32.0 Å². The van der Waals surface area contributed by atoms with Crippen LogP contribution in [0.25, 0.3) is 5.65 Å². The Bertz CT molecular complexity index is 1340. The van der Waals surface area contributed by atoms with Crippen LogP contribution in [0.3, 0.4) is 0 Å². The summed E-state index contributed by atoms with van der Waals surface area (Å²) < 4.78 is 13.6. The van der Waals surface area contributed by atoms with E-state index in [9.17, 15) is 4.79 Å². The zero-order valence-electron chi connectivity index (χ0n) is 20.8. The van der Waals surface area contributed by atoms with Crippen molar-refractivity contribution in [3.63, 3.8) is 0 Å². The van der Waals surface area contributed by atoms with Crippen LogP contribution in [0.15, 0.2) is 73.1 Å². The molecule has 3 heterocycles. The molecular formula is C29H32N4O3. The third-order valence-corrected chi connectivity index (χ3v) is 6.60. The molecule has 1 N–H and O–H groups in total. The summed E-state index contributed by atoms with van der Waals surface area (Å²) in [5, 5.41) is 3.16. The van der Waals surface area contributed by atoms with Crippen LogP contribution in [0, 0.1) is 13.8 Å². The van der Waals surface area contributed by atoms with Crippen LogP contribution in [0.4, 0.5) is 0 Å². The number of morpholine rings is 1. The highest BCUT2D eigenvalue weighted by Crippen LogP contribution is 2.24. The van der Waals surface area contributed by atoms with E-state index in [1.165, 1.54) is 11.1 Å². The third-order valence-electron chi connectivity index (χ3n) is 6.60. The molecule has 4 aromatic rings. The molecule has 1 aliphatic heterocycles. The van der Waals surface area contributed by atoms with Gasteiger partial charge in [-0.25, -0.2) is 4.98 Å². The fourth-order valence-corrected chi connectivity index (χ4v) is 4.71. The van der Waals surface area contributed by atoms with Crippen LogP contribution in [0.1, 0.15) is 38.8 Å². The number of aromatic nitrogens is 2. The summed E-state index contributed by atoms with van der Waals surface area (Å²) in [7, 11) is 0. The lowest BCUT2D eigenvalue weighted by molar-refractivity contribution is 0.0162. The molecule has 0 bridgehead atoms. The molecule has 1 atom stereocenters. The summed E-state index contributed by atoms with van der Waals surface area (Å²) in [5.41, 5.74) is 5.75. The highest BCUT2D eigenvalue weighted by atomic mass is 16.5. The average Bonchev–Trinajstić information content (AvgIpc) is 3.33. The summed E-state index contributed by atoms with van der Waals surface area (Å²) >= 11 is 0. The summed E-state index contributed by atoms with van der Waals surface area (Å²) in [4.78, 5) is 20.4. The number of benzene rings is 2. The number of carbonyl (C=O) groups excluding carboxylic acids is 1. The molecule has 0 saturated carbocycles. The Hall–Kier alpha value is -3.68. The fraction of sp³-hybridized carbons (Fsp3) is 0.310. The predicted octanol–water partition coefficient (Wildman–Crippen LogP) is 4.33. The Labute approximate surface area is 211 Å². The Morgan fingerprint density at radius 2 is 1.92 bits per heavy atom. The number of para-hydroxylation sites is 1. The van der Waals surface area contributed by atoms with Crippen molar-refractivity contribution >= 4 is 11.6 Å². The number of aryl methyl sites for hydroxylation is 2. The number of pyridine rings is 1.